The molecule has 1 saturated heterocycles. The van der Waals surface area contributed by atoms with Crippen LogP contribution in [0, 0.1) is 5.92 Å². The predicted molar refractivity (Wildman–Crippen MR) is 116 cm³/mol. The van der Waals surface area contributed by atoms with Crippen molar-refractivity contribution >= 4 is 23.0 Å². The predicted octanol–water partition coefficient (Wildman–Crippen LogP) is -0.503. The Bertz CT molecular complexity index is 1270. The molecule has 11 heteroatoms. The van der Waals surface area contributed by atoms with E-state index in [1.54, 1.807) is 24.5 Å². The van der Waals surface area contributed by atoms with Gasteiger partial charge in [-0.2, -0.15) is 0 Å². The summed E-state index contributed by atoms with van der Waals surface area (Å²) >= 11 is 0. The third kappa shape index (κ3) is 4.05. The minimum Gasteiger partial charge on any atom is -0.354 e. The number of imidazole rings is 1. The smallest absolute Gasteiger partial charge is 0.332 e. The van der Waals surface area contributed by atoms with Crippen molar-refractivity contribution < 1.29 is 9.59 Å². The minimum atomic E-state index is -0.487. The fraction of sp³-hybridized carbons (Fsp3) is 0.429. The highest BCUT2D eigenvalue weighted by atomic mass is 16.2. The molecule has 3 aromatic heterocycles. The van der Waals surface area contributed by atoms with E-state index >= 15 is 0 Å². The molecule has 1 aliphatic rings. The standard InChI is InChI=1S/C21H25N7O4/c1-25-18-17(20(31)26(2)21(25)32)28(13-24-18)12-16(29)23-10-14-5-8-27(9-6-14)19(30)15-4-3-7-22-11-15/h3-4,7,11,13-14H,5-6,8-10,12H2,1-2H3,(H,23,29). The summed E-state index contributed by atoms with van der Waals surface area (Å²) in [7, 11) is 2.93. The van der Waals surface area contributed by atoms with E-state index in [0.717, 1.165) is 17.4 Å². The van der Waals surface area contributed by atoms with Gasteiger partial charge < -0.3 is 14.8 Å². The molecular formula is C21H25N7O4. The van der Waals surface area contributed by atoms with E-state index in [1.807, 2.05) is 4.90 Å². The van der Waals surface area contributed by atoms with Gasteiger partial charge in [-0.15, -0.1) is 0 Å². The highest BCUT2D eigenvalue weighted by Crippen LogP contribution is 2.18. The molecule has 0 aromatic carbocycles. The average molecular weight is 439 g/mol. The topological polar surface area (TPSA) is 124 Å². The van der Waals surface area contributed by atoms with Crippen LogP contribution >= 0.6 is 0 Å². The number of hydrogen-bond donors (Lipinski definition) is 1. The average Bonchev–Trinajstić information content (AvgIpc) is 3.24. The summed E-state index contributed by atoms with van der Waals surface area (Å²) in [6, 6.07) is 3.50. The number of amides is 2. The van der Waals surface area contributed by atoms with Crippen LogP contribution in [0.2, 0.25) is 0 Å². The number of pyridine rings is 1. The molecule has 0 radical (unpaired) electrons. The first-order valence-electron chi connectivity index (χ1n) is 10.4. The van der Waals surface area contributed by atoms with E-state index in [0.29, 0.717) is 25.2 Å². The van der Waals surface area contributed by atoms with Crippen LogP contribution in [0.15, 0.2) is 40.4 Å². The van der Waals surface area contributed by atoms with E-state index in [-0.39, 0.29) is 35.4 Å². The number of fused-ring (bicyclic) bond motifs is 1. The van der Waals surface area contributed by atoms with Crippen molar-refractivity contribution in [3.8, 4) is 0 Å². The van der Waals surface area contributed by atoms with Gasteiger partial charge in [-0.1, -0.05) is 0 Å². The molecule has 2 amide bonds. The number of aromatic nitrogens is 5. The number of piperidine rings is 1. The Morgan fingerprint density at radius 3 is 2.59 bits per heavy atom. The molecule has 0 aliphatic carbocycles. The molecule has 1 aliphatic heterocycles. The summed E-state index contributed by atoms with van der Waals surface area (Å²) in [5, 5.41) is 2.91. The molecule has 3 aromatic rings. The van der Waals surface area contributed by atoms with Crippen molar-refractivity contribution in [2.24, 2.45) is 20.0 Å². The molecule has 11 nitrogen and oxygen atoms in total. The lowest BCUT2D eigenvalue weighted by atomic mass is 9.96. The van der Waals surface area contributed by atoms with Gasteiger partial charge in [0.05, 0.1) is 11.9 Å². The highest BCUT2D eigenvalue weighted by molar-refractivity contribution is 5.93. The molecular weight excluding hydrogens is 414 g/mol. The molecule has 0 unspecified atom stereocenters. The third-order valence-corrected chi connectivity index (χ3v) is 5.93. The van der Waals surface area contributed by atoms with E-state index in [9.17, 15) is 19.2 Å². The van der Waals surface area contributed by atoms with E-state index in [2.05, 4.69) is 15.3 Å². The molecule has 4 heterocycles. The Balaban J connectivity index is 1.32. The first-order chi connectivity index (χ1) is 15.4. The van der Waals surface area contributed by atoms with Crippen LogP contribution in [0.5, 0.6) is 0 Å². The SMILES string of the molecule is Cn1c(=O)c2c(ncn2CC(=O)NCC2CCN(C(=O)c3cccnc3)CC2)n(C)c1=O. The van der Waals surface area contributed by atoms with Crippen LogP contribution in [-0.2, 0) is 25.4 Å². The molecule has 1 N–H and O–H groups in total. The van der Waals surface area contributed by atoms with Gasteiger partial charge in [-0.25, -0.2) is 9.78 Å². The second-order valence-electron chi connectivity index (χ2n) is 8.03. The van der Waals surface area contributed by atoms with Crippen molar-refractivity contribution in [3.63, 3.8) is 0 Å². The van der Waals surface area contributed by atoms with Crippen molar-refractivity contribution in [3.05, 3.63) is 57.3 Å². The number of nitrogens with one attached hydrogen (secondary N) is 1. The van der Waals surface area contributed by atoms with E-state index in [1.165, 1.54) is 29.6 Å². The molecule has 168 valence electrons. The van der Waals surface area contributed by atoms with Gasteiger partial charge in [0.25, 0.3) is 11.5 Å². The summed E-state index contributed by atoms with van der Waals surface area (Å²) in [4.78, 5) is 59.4. The Labute approximate surface area is 183 Å². The molecule has 0 bridgehead atoms. The Kier molecular flexibility index (Phi) is 5.89. The third-order valence-electron chi connectivity index (χ3n) is 5.93. The van der Waals surface area contributed by atoms with Crippen LogP contribution in [0.1, 0.15) is 23.2 Å². The fourth-order valence-electron chi connectivity index (χ4n) is 4.00. The molecule has 1 fully saturated rings. The van der Waals surface area contributed by atoms with Crippen molar-refractivity contribution in [2.45, 2.75) is 19.4 Å². The Morgan fingerprint density at radius 2 is 1.91 bits per heavy atom. The van der Waals surface area contributed by atoms with Gasteiger partial charge in [-0.3, -0.25) is 28.5 Å². The number of likely N-dealkylation sites (tertiary alicyclic amines) is 1. The van der Waals surface area contributed by atoms with Gasteiger partial charge in [0.15, 0.2) is 11.2 Å². The number of carbonyl (C=O) groups excluding carboxylic acids is 2. The fourth-order valence-corrected chi connectivity index (χ4v) is 4.00. The second-order valence-corrected chi connectivity index (χ2v) is 8.03. The van der Waals surface area contributed by atoms with Crippen LogP contribution in [0.4, 0.5) is 0 Å². The molecule has 0 atom stereocenters. The van der Waals surface area contributed by atoms with E-state index in [4.69, 9.17) is 0 Å². The monoisotopic (exact) mass is 439 g/mol. The van der Waals surface area contributed by atoms with Gasteiger partial charge in [0.2, 0.25) is 5.91 Å². The number of rotatable bonds is 5. The van der Waals surface area contributed by atoms with Gasteiger partial charge in [-0.05, 0) is 30.9 Å². The highest BCUT2D eigenvalue weighted by Gasteiger charge is 2.24. The first kappa shape index (κ1) is 21.5. The lowest BCUT2D eigenvalue weighted by molar-refractivity contribution is -0.121. The van der Waals surface area contributed by atoms with Gasteiger partial charge in [0, 0.05) is 46.1 Å². The van der Waals surface area contributed by atoms with Gasteiger partial charge in [0.1, 0.15) is 6.54 Å². The molecule has 32 heavy (non-hydrogen) atoms. The normalized spacial score (nSPS) is 14.6. The summed E-state index contributed by atoms with van der Waals surface area (Å²) in [6.07, 6.45) is 6.19. The molecule has 0 saturated carbocycles. The van der Waals surface area contributed by atoms with Crippen molar-refractivity contribution in [2.75, 3.05) is 19.6 Å². The lowest BCUT2D eigenvalue weighted by Gasteiger charge is -2.32. The first-order valence-corrected chi connectivity index (χ1v) is 10.4. The molecule has 0 spiro atoms. The summed E-state index contributed by atoms with van der Waals surface area (Å²) in [5.74, 6) is 0.00254. The number of hydrogen-bond acceptors (Lipinski definition) is 6. The summed E-state index contributed by atoms with van der Waals surface area (Å²) < 4.78 is 3.74. The van der Waals surface area contributed by atoms with Crippen LogP contribution in [-0.4, -0.2) is 60.0 Å². The second kappa shape index (κ2) is 8.77. The lowest BCUT2D eigenvalue weighted by Crippen LogP contribution is -2.42. The number of carbonyl (C=O) groups is 2. The maximum absolute atomic E-state index is 12.5. The Morgan fingerprint density at radius 1 is 1.16 bits per heavy atom. The largest absolute Gasteiger partial charge is 0.354 e. The van der Waals surface area contributed by atoms with Crippen molar-refractivity contribution in [1.29, 1.82) is 0 Å². The van der Waals surface area contributed by atoms with Gasteiger partial charge >= 0.3 is 5.69 Å². The van der Waals surface area contributed by atoms with E-state index < -0.39 is 11.2 Å². The zero-order chi connectivity index (χ0) is 22.8. The van der Waals surface area contributed by atoms with Crippen LogP contribution in [0.3, 0.4) is 0 Å². The molecule has 4 rings (SSSR count). The quantitative estimate of drug-likeness (QED) is 0.571. The zero-order valence-electron chi connectivity index (χ0n) is 18.0. The number of nitrogens with zero attached hydrogens (tertiary/aromatic N) is 6. The summed E-state index contributed by atoms with van der Waals surface area (Å²) in [6.45, 7) is 1.69. The van der Waals surface area contributed by atoms with Crippen LogP contribution in [0.25, 0.3) is 11.2 Å². The number of aryl methyl sites for hydroxylation is 1. The van der Waals surface area contributed by atoms with Crippen LogP contribution < -0.4 is 16.6 Å². The Hall–Kier alpha value is -3.76. The summed E-state index contributed by atoms with van der Waals surface area (Å²) in [5.41, 5.74) is 0.0867. The maximum atomic E-state index is 12.5. The minimum absolute atomic E-state index is 0.0245. The zero-order valence-corrected chi connectivity index (χ0v) is 18.0. The van der Waals surface area contributed by atoms with Crippen molar-refractivity contribution in [1.82, 2.24) is 33.9 Å². The maximum Gasteiger partial charge on any atom is 0.332 e.